The molecule has 0 saturated heterocycles. The highest BCUT2D eigenvalue weighted by Gasteiger charge is 1.99. The summed E-state index contributed by atoms with van der Waals surface area (Å²) in [6, 6.07) is 11.7. The van der Waals surface area contributed by atoms with Crippen molar-refractivity contribution in [3.63, 3.8) is 0 Å². The molecular formula is C18H17N3O2. The third-order valence-corrected chi connectivity index (χ3v) is 3.37. The van der Waals surface area contributed by atoms with E-state index in [2.05, 4.69) is 15.3 Å². The molecule has 0 saturated carbocycles. The summed E-state index contributed by atoms with van der Waals surface area (Å²) in [6.07, 6.45) is 9.20. The first kappa shape index (κ1) is 14.8. The zero-order valence-corrected chi connectivity index (χ0v) is 12.5. The Morgan fingerprint density at radius 1 is 1.26 bits per heavy atom. The van der Waals surface area contributed by atoms with Crippen molar-refractivity contribution in [2.75, 3.05) is 0 Å². The molecule has 2 N–H and O–H groups in total. The van der Waals surface area contributed by atoms with Gasteiger partial charge in [0, 0.05) is 24.4 Å². The molecule has 1 aromatic carbocycles. The molecule has 0 spiro atoms. The van der Waals surface area contributed by atoms with Crippen LogP contribution in [-0.4, -0.2) is 15.9 Å². The summed E-state index contributed by atoms with van der Waals surface area (Å²) in [4.78, 5) is 18.8. The number of carbonyl (C=O) groups excluding carboxylic acids is 1. The Morgan fingerprint density at radius 3 is 2.83 bits per heavy atom. The van der Waals surface area contributed by atoms with Gasteiger partial charge in [0.15, 0.2) is 0 Å². The number of amides is 1. The van der Waals surface area contributed by atoms with Crippen LogP contribution in [0, 0.1) is 0 Å². The standard InChI is InChI=1S/C18H17N3O2/c22-18(20-12-17-2-1-9-23-17)8-7-14-3-5-15(6-4-14)10-16-11-19-13-21-16/h1-9,11,13H,10,12H2,(H,19,21)(H,20,22)/b8-7+. The normalized spacial score (nSPS) is 11.0. The Balaban J connectivity index is 1.51. The summed E-state index contributed by atoms with van der Waals surface area (Å²) in [5.41, 5.74) is 3.24. The van der Waals surface area contributed by atoms with Gasteiger partial charge in [-0.15, -0.1) is 0 Å². The van der Waals surface area contributed by atoms with Crippen LogP contribution in [-0.2, 0) is 17.8 Å². The lowest BCUT2D eigenvalue weighted by molar-refractivity contribution is -0.116. The summed E-state index contributed by atoms with van der Waals surface area (Å²) in [6.45, 7) is 0.388. The van der Waals surface area contributed by atoms with Crippen molar-refractivity contribution in [3.8, 4) is 0 Å². The number of aromatic amines is 1. The molecular weight excluding hydrogens is 290 g/mol. The molecule has 0 aliphatic rings. The van der Waals surface area contributed by atoms with Crippen molar-refractivity contribution < 1.29 is 9.21 Å². The number of nitrogens with one attached hydrogen (secondary N) is 2. The van der Waals surface area contributed by atoms with Gasteiger partial charge in [-0.3, -0.25) is 4.79 Å². The van der Waals surface area contributed by atoms with Gasteiger partial charge in [-0.25, -0.2) is 4.98 Å². The Bertz CT molecular complexity index is 757. The second-order valence-corrected chi connectivity index (χ2v) is 5.13. The van der Waals surface area contributed by atoms with Crippen molar-refractivity contribution in [1.29, 1.82) is 0 Å². The maximum absolute atomic E-state index is 11.7. The highest BCUT2D eigenvalue weighted by molar-refractivity contribution is 5.91. The van der Waals surface area contributed by atoms with E-state index in [0.717, 1.165) is 23.4 Å². The van der Waals surface area contributed by atoms with Gasteiger partial charge < -0.3 is 14.7 Å². The van der Waals surface area contributed by atoms with Gasteiger partial charge in [0.1, 0.15) is 5.76 Å². The largest absolute Gasteiger partial charge is 0.467 e. The number of H-pyrrole nitrogens is 1. The molecule has 0 atom stereocenters. The van der Waals surface area contributed by atoms with E-state index in [1.807, 2.05) is 36.5 Å². The fourth-order valence-electron chi connectivity index (χ4n) is 2.17. The molecule has 2 aromatic heterocycles. The maximum atomic E-state index is 11.7. The van der Waals surface area contributed by atoms with Gasteiger partial charge in [-0.2, -0.15) is 0 Å². The van der Waals surface area contributed by atoms with Crippen LogP contribution in [0.4, 0.5) is 0 Å². The van der Waals surface area contributed by atoms with Gasteiger partial charge in [-0.05, 0) is 29.3 Å². The Labute approximate surface area is 134 Å². The van der Waals surface area contributed by atoms with Crippen LogP contribution in [0.5, 0.6) is 0 Å². The molecule has 0 unspecified atom stereocenters. The molecule has 1 amide bonds. The molecule has 0 aliphatic carbocycles. The predicted octanol–water partition coefficient (Wildman–Crippen LogP) is 2.92. The van der Waals surface area contributed by atoms with E-state index in [4.69, 9.17) is 4.42 Å². The lowest BCUT2D eigenvalue weighted by Crippen LogP contribution is -2.19. The number of hydrogen-bond acceptors (Lipinski definition) is 3. The van der Waals surface area contributed by atoms with E-state index in [-0.39, 0.29) is 5.91 Å². The molecule has 5 nitrogen and oxygen atoms in total. The summed E-state index contributed by atoms with van der Waals surface area (Å²) < 4.78 is 5.16. The Hall–Kier alpha value is -3.08. The van der Waals surface area contributed by atoms with E-state index in [9.17, 15) is 4.79 Å². The molecule has 23 heavy (non-hydrogen) atoms. The molecule has 0 radical (unpaired) electrons. The number of benzene rings is 1. The van der Waals surface area contributed by atoms with Gasteiger partial charge in [0.2, 0.25) is 5.91 Å². The van der Waals surface area contributed by atoms with Gasteiger partial charge >= 0.3 is 0 Å². The van der Waals surface area contributed by atoms with Crippen LogP contribution in [0.3, 0.4) is 0 Å². The summed E-state index contributed by atoms with van der Waals surface area (Å²) in [5.74, 6) is 0.581. The maximum Gasteiger partial charge on any atom is 0.244 e. The second kappa shape index (κ2) is 7.26. The fourth-order valence-corrected chi connectivity index (χ4v) is 2.17. The first-order chi connectivity index (χ1) is 11.3. The monoisotopic (exact) mass is 307 g/mol. The molecule has 0 fully saturated rings. The molecule has 0 bridgehead atoms. The minimum atomic E-state index is -0.150. The van der Waals surface area contributed by atoms with Crippen LogP contribution in [0.1, 0.15) is 22.6 Å². The molecule has 2 heterocycles. The van der Waals surface area contributed by atoms with E-state index >= 15 is 0 Å². The predicted molar refractivity (Wildman–Crippen MR) is 87.4 cm³/mol. The average molecular weight is 307 g/mol. The van der Waals surface area contributed by atoms with Crippen LogP contribution in [0.25, 0.3) is 6.08 Å². The lowest BCUT2D eigenvalue weighted by atomic mass is 10.1. The number of furan rings is 1. The van der Waals surface area contributed by atoms with Crippen molar-refractivity contribution in [2.45, 2.75) is 13.0 Å². The van der Waals surface area contributed by atoms with Crippen molar-refractivity contribution in [3.05, 3.63) is 83.8 Å². The smallest absolute Gasteiger partial charge is 0.244 e. The zero-order valence-electron chi connectivity index (χ0n) is 12.5. The van der Waals surface area contributed by atoms with Crippen LogP contribution >= 0.6 is 0 Å². The molecule has 3 aromatic rings. The number of hydrogen-bond donors (Lipinski definition) is 2. The highest BCUT2D eigenvalue weighted by atomic mass is 16.3. The average Bonchev–Trinajstić information content (AvgIpc) is 3.26. The number of rotatable bonds is 6. The lowest BCUT2D eigenvalue weighted by Gasteiger charge is -2.01. The third-order valence-electron chi connectivity index (χ3n) is 3.37. The number of carbonyl (C=O) groups is 1. The van der Waals surface area contributed by atoms with Crippen LogP contribution < -0.4 is 5.32 Å². The summed E-state index contributed by atoms with van der Waals surface area (Å²) in [7, 11) is 0. The second-order valence-electron chi connectivity index (χ2n) is 5.13. The van der Waals surface area contributed by atoms with Gasteiger partial charge in [-0.1, -0.05) is 24.3 Å². The highest BCUT2D eigenvalue weighted by Crippen LogP contribution is 2.10. The number of nitrogens with zero attached hydrogens (tertiary/aromatic N) is 1. The van der Waals surface area contributed by atoms with E-state index in [0.29, 0.717) is 6.54 Å². The quantitative estimate of drug-likeness (QED) is 0.688. The van der Waals surface area contributed by atoms with Gasteiger partial charge in [0.05, 0.1) is 19.1 Å². The van der Waals surface area contributed by atoms with E-state index in [1.54, 1.807) is 24.7 Å². The minimum Gasteiger partial charge on any atom is -0.467 e. The first-order valence-corrected chi connectivity index (χ1v) is 7.34. The topological polar surface area (TPSA) is 70.9 Å². The zero-order chi connectivity index (χ0) is 15.9. The number of aromatic nitrogens is 2. The van der Waals surface area contributed by atoms with Crippen molar-refractivity contribution in [2.24, 2.45) is 0 Å². The van der Waals surface area contributed by atoms with Crippen LogP contribution in [0.2, 0.25) is 0 Å². The SMILES string of the molecule is O=C(/C=C/c1ccc(Cc2cnc[nH]2)cc1)NCc1ccco1. The molecule has 116 valence electrons. The summed E-state index contributed by atoms with van der Waals surface area (Å²) >= 11 is 0. The molecule has 3 rings (SSSR count). The third kappa shape index (κ3) is 4.44. The summed E-state index contributed by atoms with van der Waals surface area (Å²) in [5, 5.41) is 2.77. The minimum absolute atomic E-state index is 0.150. The molecule has 5 heteroatoms. The first-order valence-electron chi connectivity index (χ1n) is 7.34. The Morgan fingerprint density at radius 2 is 2.13 bits per heavy atom. The van der Waals surface area contributed by atoms with Gasteiger partial charge in [0.25, 0.3) is 0 Å². The molecule has 0 aliphatic heterocycles. The van der Waals surface area contributed by atoms with Crippen molar-refractivity contribution in [1.82, 2.24) is 15.3 Å². The number of imidazole rings is 1. The van der Waals surface area contributed by atoms with E-state index in [1.165, 1.54) is 11.6 Å². The fraction of sp³-hybridized carbons (Fsp3) is 0.111. The Kier molecular flexibility index (Phi) is 4.69. The van der Waals surface area contributed by atoms with E-state index < -0.39 is 0 Å². The van der Waals surface area contributed by atoms with Crippen LogP contribution in [0.15, 0.2) is 65.7 Å². The van der Waals surface area contributed by atoms with Crippen molar-refractivity contribution >= 4 is 12.0 Å².